The number of fused-ring (bicyclic) bond motifs is 1. The Labute approximate surface area is 157 Å². The molecule has 0 saturated heterocycles. The lowest BCUT2D eigenvalue weighted by atomic mass is 10.0. The van der Waals surface area contributed by atoms with Gasteiger partial charge in [-0.25, -0.2) is 0 Å². The van der Waals surface area contributed by atoms with Crippen LogP contribution in [0.4, 0.5) is 0 Å². The van der Waals surface area contributed by atoms with Crippen LogP contribution in [0, 0.1) is 13.8 Å². The van der Waals surface area contributed by atoms with E-state index in [0.717, 1.165) is 11.1 Å². The van der Waals surface area contributed by atoms with Crippen molar-refractivity contribution in [2.24, 2.45) is 0 Å². The lowest BCUT2D eigenvalue weighted by molar-refractivity contribution is 0.355. The van der Waals surface area contributed by atoms with Crippen LogP contribution >= 0.6 is 0 Å². The molecule has 0 saturated carbocycles. The summed E-state index contributed by atoms with van der Waals surface area (Å²) in [5, 5.41) is 0.363. The van der Waals surface area contributed by atoms with Crippen molar-refractivity contribution in [2.75, 3.05) is 28.4 Å². The van der Waals surface area contributed by atoms with Gasteiger partial charge in [0.15, 0.2) is 17.3 Å². The van der Waals surface area contributed by atoms with Gasteiger partial charge in [0, 0.05) is 5.56 Å². The summed E-state index contributed by atoms with van der Waals surface area (Å²) < 4.78 is 27.6. The van der Waals surface area contributed by atoms with E-state index in [4.69, 9.17) is 23.4 Å². The summed E-state index contributed by atoms with van der Waals surface area (Å²) in [6.45, 7) is 3.85. The van der Waals surface area contributed by atoms with Crippen molar-refractivity contribution in [1.29, 1.82) is 0 Å². The van der Waals surface area contributed by atoms with Gasteiger partial charge in [0.2, 0.25) is 11.2 Å². The first-order valence-corrected chi connectivity index (χ1v) is 8.38. The van der Waals surface area contributed by atoms with Gasteiger partial charge in [-0.1, -0.05) is 0 Å². The molecule has 0 radical (unpaired) electrons. The van der Waals surface area contributed by atoms with Crippen LogP contribution < -0.4 is 24.4 Å². The molecule has 3 aromatic rings. The molecule has 2 aromatic carbocycles. The molecule has 0 amide bonds. The van der Waals surface area contributed by atoms with Gasteiger partial charge in [-0.15, -0.1) is 0 Å². The van der Waals surface area contributed by atoms with Gasteiger partial charge in [-0.05, 0) is 49.2 Å². The second kappa shape index (κ2) is 7.23. The third-order valence-electron chi connectivity index (χ3n) is 4.66. The zero-order valence-electron chi connectivity index (χ0n) is 16.3. The highest BCUT2D eigenvalue weighted by Crippen LogP contribution is 2.39. The highest BCUT2D eigenvalue weighted by molar-refractivity contribution is 5.89. The summed E-state index contributed by atoms with van der Waals surface area (Å²) in [4.78, 5) is 13.2. The number of rotatable bonds is 5. The van der Waals surface area contributed by atoms with Gasteiger partial charge >= 0.3 is 0 Å². The first kappa shape index (κ1) is 18.6. The van der Waals surface area contributed by atoms with E-state index in [0.29, 0.717) is 39.5 Å². The van der Waals surface area contributed by atoms with Crippen LogP contribution in [0.15, 0.2) is 33.5 Å². The summed E-state index contributed by atoms with van der Waals surface area (Å²) in [6, 6.07) is 7.10. The van der Waals surface area contributed by atoms with Gasteiger partial charge < -0.3 is 23.4 Å². The molecular weight excluding hydrogens is 348 g/mol. The number of aryl methyl sites for hydroxylation is 1. The highest BCUT2D eigenvalue weighted by Gasteiger charge is 2.22. The van der Waals surface area contributed by atoms with Gasteiger partial charge in [0.05, 0.1) is 28.4 Å². The topological polar surface area (TPSA) is 67.1 Å². The van der Waals surface area contributed by atoms with E-state index in [-0.39, 0.29) is 11.2 Å². The first-order chi connectivity index (χ1) is 13.0. The third kappa shape index (κ3) is 2.97. The predicted molar refractivity (Wildman–Crippen MR) is 104 cm³/mol. The Morgan fingerprint density at radius 1 is 0.815 bits per heavy atom. The maximum atomic E-state index is 13.2. The quantitative estimate of drug-likeness (QED) is 0.673. The van der Waals surface area contributed by atoms with Gasteiger partial charge in [0.25, 0.3) is 0 Å². The molecule has 1 heterocycles. The van der Waals surface area contributed by atoms with Gasteiger partial charge in [-0.2, -0.15) is 0 Å². The molecule has 6 nitrogen and oxygen atoms in total. The van der Waals surface area contributed by atoms with Crippen LogP contribution in [0.2, 0.25) is 0 Å². The Morgan fingerprint density at radius 2 is 1.48 bits per heavy atom. The fraction of sp³-hybridized carbons (Fsp3) is 0.286. The standard InChI is InChI=1S/C21H22O6/c1-11-9-16-17(19(25-5)12(11)2)18(22)21(26-6)20(27-16)13-7-8-14(23-3)15(10-13)24-4/h7-10H,1-6H3. The zero-order valence-corrected chi connectivity index (χ0v) is 16.3. The van der Waals surface area contributed by atoms with E-state index in [1.54, 1.807) is 32.4 Å². The number of ether oxygens (including phenoxy) is 4. The lowest BCUT2D eigenvalue weighted by Crippen LogP contribution is -2.10. The minimum absolute atomic E-state index is 0.108. The molecule has 0 bridgehead atoms. The second-order valence-electron chi connectivity index (χ2n) is 6.09. The average molecular weight is 370 g/mol. The largest absolute Gasteiger partial charge is 0.496 e. The van der Waals surface area contributed by atoms with Crippen molar-refractivity contribution in [1.82, 2.24) is 0 Å². The molecule has 0 atom stereocenters. The van der Waals surface area contributed by atoms with E-state index in [1.165, 1.54) is 14.2 Å². The smallest absolute Gasteiger partial charge is 0.239 e. The van der Waals surface area contributed by atoms with Crippen LogP contribution in [-0.2, 0) is 0 Å². The Morgan fingerprint density at radius 3 is 2.07 bits per heavy atom. The van der Waals surface area contributed by atoms with E-state index in [9.17, 15) is 4.79 Å². The molecule has 27 heavy (non-hydrogen) atoms. The summed E-state index contributed by atoms with van der Waals surface area (Å²) >= 11 is 0. The molecular formula is C21H22O6. The van der Waals surface area contributed by atoms with Crippen molar-refractivity contribution in [2.45, 2.75) is 13.8 Å². The maximum absolute atomic E-state index is 13.2. The van der Waals surface area contributed by atoms with Crippen molar-refractivity contribution >= 4 is 11.0 Å². The summed E-state index contributed by atoms with van der Waals surface area (Å²) in [5.74, 6) is 2.03. The fourth-order valence-electron chi connectivity index (χ4n) is 3.13. The maximum Gasteiger partial charge on any atom is 0.239 e. The molecule has 1 aromatic heterocycles. The van der Waals surface area contributed by atoms with E-state index < -0.39 is 0 Å². The molecule has 0 aliphatic rings. The molecule has 3 rings (SSSR count). The molecule has 6 heteroatoms. The van der Waals surface area contributed by atoms with E-state index in [1.807, 2.05) is 19.9 Å². The summed E-state index contributed by atoms with van der Waals surface area (Å²) in [6.07, 6.45) is 0. The van der Waals surface area contributed by atoms with Crippen molar-refractivity contribution in [3.8, 4) is 34.3 Å². The second-order valence-corrected chi connectivity index (χ2v) is 6.09. The van der Waals surface area contributed by atoms with Crippen LogP contribution in [-0.4, -0.2) is 28.4 Å². The van der Waals surface area contributed by atoms with Crippen molar-refractivity contribution in [3.63, 3.8) is 0 Å². The van der Waals surface area contributed by atoms with Crippen LogP contribution in [0.5, 0.6) is 23.0 Å². The lowest BCUT2D eigenvalue weighted by Gasteiger charge is -2.15. The Bertz CT molecular complexity index is 1060. The third-order valence-corrected chi connectivity index (χ3v) is 4.66. The highest BCUT2D eigenvalue weighted by atomic mass is 16.5. The molecule has 0 aliphatic carbocycles. The first-order valence-electron chi connectivity index (χ1n) is 8.38. The number of hydrogen-bond acceptors (Lipinski definition) is 6. The molecule has 0 fully saturated rings. The summed E-state index contributed by atoms with van der Waals surface area (Å²) in [5.41, 5.74) is 2.64. The van der Waals surface area contributed by atoms with Gasteiger partial charge in [0.1, 0.15) is 16.7 Å². The van der Waals surface area contributed by atoms with Crippen LogP contribution in [0.3, 0.4) is 0 Å². The minimum Gasteiger partial charge on any atom is -0.496 e. The Kier molecular flexibility index (Phi) is 4.99. The Hall–Kier alpha value is -3.15. The number of methoxy groups -OCH3 is 4. The fourth-order valence-corrected chi connectivity index (χ4v) is 3.13. The normalized spacial score (nSPS) is 10.7. The van der Waals surface area contributed by atoms with Crippen LogP contribution in [0.25, 0.3) is 22.3 Å². The van der Waals surface area contributed by atoms with E-state index in [2.05, 4.69) is 0 Å². The van der Waals surface area contributed by atoms with Gasteiger partial charge in [-0.3, -0.25) is 4.79 Å². The minimum atomic E-state index is -0.288. The molecule has 0 aliphatic heterocycles. The molecule has 0 unspecified atom stereocenters. The molecule has 0 spiro atoms. The summed E-state index contributed by atoms with van der Waals surface area (Å²) in [7, 11) is 6.09. The molecule has 0 N–H and O–H groups in total. The molecule has 142 valence electrons. The van der Waals surface area contributed by atoms with Crippen molar-refractivity contribution in [3.05, 3.63) is 45.6 Å². The predicted octanol–water partition coefficient (Wildman–Crippen LogP) is 4.11. The monoisotopic (exact) mass is 370 g/mol. The Balaban J connectivity index is 2.38. The SMILES string of the molecule is COc1ccc(-c2oc3cc(C)c(C)c(OC)c3c(=O)c2OC)cc1OC. The van der Waals surface area contributed by atoms with Crippen molar-refractivity contribution < 1.29 is 23.4 Å². The number of benzene rings is 2. The average Bonchev–Trinajstić information content (AvgIpc) is 2.68. The van der Waals surface area contributed by atoms with Crippen LogP contribution in [0.1, 0.15) is 11.1 Å². The zero-order chi connectivity index (χ0) is 19.7. The number of hydrogen-bond donors (Lipinski definition) is 0. The van der Waals surface area contributed by atoms with E-state index >= 15 is 0 Å².